The van der Waals surface area contributed by atoms with Gasteiger partial charge in [0, 0.05) is 0 Å². The highest BCUT2D eigenvalue weighted by Crippen LogP contribution is 2.32. The van der Waals surface area contributed by atoms with Crippen molar-refractivity contribution in [3.05, 3.63) is 0 Å². The fourth-order valence-corrected chi connectivity index (χ4v) is 1.05. The third-order valence-electron chi connectivity index (χ3n) is 1.86. The Morgan fingerprint density at radius 1 is 1.17 bits per heavy atom. The van der Waals surface area contributed by atoms with Crippen LogP contribution < -0.4 is 0 Å². The van der Waals surface area contributed by atoms with E-state index < -0.39 is 12.1 Å². The molecule has 0 amide bonds. The first kappa shape index (κ1) is 14.6. The van der Waals surface area contributed by atoms with E-state index in [0.717, 1.165) is 6.42 Å². The fourth-order valence-electron chi connectivity index (χ4n) is 1.05. The monoisotopic (exact) mass is 204 g/mol. The lowest BCUT2D eigenvalue weighted by Gasteiger charge is -2.17. The summed E-state index contributed by atoms with van der Waals surface area (Å²) in [7, 11) is 0. The van der Waals surface area contributed by atoms with Crippen molar-refractivity contribution in [3.8, 4) is 0 Å². The zero-order chi connectivity index (χ0) is 8.91. The highest BCUT2D eigenvalue weighted by atomic mass is 35.5. The molecule has 0 heterocycles. The number of hydrogen-bond donors (Lipinski definition) is 0. The molecule has 0 aromatic carbocycles. The van der Waals surface area contributed by atoms with Gasteiger partial charge >= 0.3 is 6.18 Å². The van der Waals surface area contributed by atoms with Gasteiger partial charge in [0.25, 0.3) is 0 Å². The van der Waals surface area contributed by atoms with Crippen LogP contribution in [0.2, 0.25) is 0 Å². The summed E-state index contributed by atoms with van der Waals surface area (Å²) < 4.78 is 36.1. The van der Waals surface area contributed by atoms with Crippen LogP contribution in [-0.4, -0.2) is 6.18 Å². The van der Waals surface area contributed by atoms with Gasteiger partial charge < -0.3 is 0 Å². The van der Waals surface area contributed by atoms with Gasteiger partial charge in [0.2, 0.25) is 0 Å². The van der Waals surface area contributed by atoms with Gasteiger partial charge in [0.05, 0.1) is 5.92 Å². The molecule has 76 valence electrons. The van der Waals surface area contributed by atoms with E-state index in [2.05, 4.69) is 0 Å². The first-order chi connectivity index (χ1) is 5.02. The molecule has 0 saturated carbocycles. The average molecular weight is 205 g/mol. The second-order valence-corrected chi connectivity index (χ2v) is 2.79. The highest BCUT2D eigenvalue weighted by Gasteiger charge is 2.37. The van der Waals surface area contributed by atoms with Crippen LogP contribution >= 0.6 is 12.4 Å². The Labute approximate surface area is 77.9 Å². The summed E-state index contributed by atoms with van der Waals surface area (Å²) in [5.41, 5.74) is 0. The van der Waals surface area contributed by atoms with Crippen LogP contribution in [0.25, 0.3) is 0 Å². The topological polar surface area (TPSA) is 0 Å². The minimum absolute atomic E-state index is 0. The van der Waals surface area contributed by atoms with Gasteiger partial charge in [0.15, 0.2) is 0 Å². The number of rotatable bonds is 4. The van der Waals surface area contributed by atoms with Crippen molar-refractivity contribution in [3.63, 3.8) is 0 Å². The first-order valence-electron chi connectivity index (χ1n) is 4.09. The number of halogens is 4. The molecule has 0 radical (unpaired) electrons. The van der Waals surface area contributed by atoms with E-state index in [-0.39, 0.29) is 25.2 Å². The first-order valence-corrected chi connectivity index (χ1v) is 4.09. The maximum absolute atomic E-state index is 12.0. The summed E-state index contributed by atoms with van der Waals surface area (Å²) in [6, 6.07) is 0. The van der Waals surface area contributed by atoms with Gasteiger partial charge in [-0.05, 0) is 12.8 Å². The Hall–Kier alpha value is 0.0800. The summed E-state index contributed by atoms with van der Waals surface area (Å²) in [4.78, 5) is 0. The van der Waals surface area contributed by atoms with Crippen LogP contribution in [-0.2, 0) is 0 Å². The zero-order valence-corrected chi connectivity index (χ0v) is 8.26. The Morgan fingerprint density at radius 2 is 1.67 bits per heavy atom. The molecule has 0 fully saturated rings. The van der Waals surface area contributed by atoms with E-state index in [9.17, 15) is 13.2 Å². The molecule has 0 aliphatic rings. The lowest BCUT2D eigenvalue weighted by Crippen LogP contribution is -2.21. The maximum Gasteiger partial charge on any atom is 0.391 e. The van der Waals surface area contributed by atoms with Crippen LogP contribution in [0, 0.1) is 5.92 Å². The van der Waals surface area contributed by atoms with Crippen LogP contribution in [0.4, 0.5) is 13.2 Å². The summed E-state index contributed by atoms with van der Waals surface area (Å²) in [6.45, 7) is 3.50. The van der Waals surface area contributed by atoms with Gasteiger partial charge in [-0.3, -0.25) is 0 Å². The van der Waals surface area contributed by atoms with Crippen molar-refractivity contribution in [2.45, 2.75) is 45.7 Å². The Morgan fingerprint density at radius 3 is 1.92 bits per heavy atom. The molecule has 0 aromatic rings. The van der Waals surface area contributed by atoms with Gasteiger partial charge in [-0.25, -0.2) is 0 Å². The highest BCUT2D eigenvalue weighted by molar-refractivity contribution is 5.85. The molecular weight excluding hydrogens is 189 g/mol. The third-order valence-corrected chi connectivity index (χ3v) is 1.86. The van der Waals surface area contributed by atoms with Crippen LogP contribution in [0.3, 0.4) is 0 Å². The van der Waals surface area contributed by atoms with E-state index in [4.69, 9.17) is 0 Å². The second-order valence-electron chi connectivity index (χ2n) is 2.79. The van der Waals surface area contributed by atoms with Gasteiger partial charge in [0.1, 0.15) is 0 Å². The summed E-state index contributed by atoms with van der Waals surface area (Å²) in [6.07, 6.45) is -1.96. The van der Waals surface area contributed by atoms with Crippen molar-refractivity contribution in [1.29, 1.82) is 0 Å². The molecule has 0 aliphatic heterocycles. The molecule has 0 aliphatic carbocycles. The Kier molecular flexibility index (Phi) is 8.00. The number of alkyl halides is 3. The maximum atomic E-state index is 12.0. The van der Waals surface area contributed by atoms with Gasteiger partial charge in [-0.15, -0.1) is 12.4 Å². The Balaban J connectivity index is 0. The molecule has 12 heavy (non-hydrogen) atoms. The lowest BCUT2D eigenvalue weighted by atomic mass is 9.99. The molecule has 1 atom stereocenters. The smallest absolute Gasteiger partial charge is 0.171 e. The van der Waals surface area contributed by atoms with Crippen LogP contribution in [0.15, 0.2) is 0 Å². The van der Waals surface area contributed by atoms with E-state index in [1.807, 2.05) is 6.92 Å². The van der Waals surface area contributed by atoms with Crippen molar-refractivity contribution in [2.24, 2.45) is 5.92 Å². The predicted octanol–water partition coefficient (Wildman–Crippen LogP) is 4.19. The van der Waals surface area contributed by atoms with E-state index in [1.54, 1.807) is 6.92 Å². The molecule has 0 saturated heterocycles. The molecule has 0 nitrogen and oxygen atoms in total. The molecule has 0 aromatic heterocycles. The quantitative estimate of drug-likeness (QED) is 0.644. The molecule has 0 N–H and O–H groups in total. The SMILES string of the molecule is CCCCC(CC)C(F)(F)F.Cl. The van der Waals surface area contributed by atoms with Crippen LogP contribution in [0.5, 0.6) is 0 Å². The molecular formula is C8H16ClF3. The minimum atomic E-state index is -3.98. The summed E-state index contributed by atoms with van der Waals surface area (Å²) in [5.74, 6) is -1.08. The van der Waals surface area contributed by atoms with Crippen molar-refractivity contribution in [1.82, 2.24) is 0 Å². The largest absolute Gasteiger partial charge is 0.391 e. The van der Waals surface area contributed by atoms with Crippen molar-refractivity contribution >= 4 is 12.4 Å². The summed E-state index contributed by atoms with van der Waals surface area (Å²) in [5, 5.41) is 0. The zero-order valence-electron chi connectivity index (χ0n) is 7.45. The van der Waals surface area contributed by atoms with Crippen molar-refractivity contribution < 1.29 is 13.2 Å². The molecule has 1 unspecified atom stereocenters. The number of unbranched alkanes of at least 4 members (excludes halogenated alkanes) is 1. The fraction of sp³-hybridized carbons (Fsp3) is 1.00. The molecule has 0 bridgehead atoms. The minimum Gasteiger partial charge on any atom is -0.171 e. The standard InChI is InChI=1S/C8H15F3.ClH/c1-3-5-6-7(4-2)8(9,10)11;/h7H,3-6H2,1-2H3;1H. The normalized spacial score (nSPS) is 13.8. The molecule has 0 rings (SSSR count). The van der Waals surface area contributed by atoms with Crippen LogP contribution in [0.1, 0.15) is 39.5 Å². The van der Waals surface area contributed by atoms with Gasteiger partial charge in [-0.2, -0.15) is 13.2 Å². The van der Waals surface area contributed by atoms with E-state index in [0.29, 0.717) is 6.42 Å². The third kappa shape index (κ3) is 5.70. The van der Waals surface area contributed by atoms with Gasteiger partial charge in [-0.1, -0.05) is 26.7 Å². The van der Waals surface area contributed by atoms with Crippen molar-refractivity contribution in [2.75, 3.05) is 0 Å². The van der Waals surface area contributed by atoms with E-state index >= 15 is 0 Å². The lowest BCUT2D eigenvalue weighted by molar-refractivity contribution is -0.177. The molecule has 0 spiro atoms. The molecule has 4 heteroatoms. The summed E-state index contributed by atoms with van der Waals surface area (Å²) >= 11 is 0. The average Bonchev–Trinajstić information content (AvgIpc) is 1.87. The van der Waals surface area contributed by atoms with E-state index in [1.165, 1.54) is 0 Å². The number of hydrogen-bond acceptors (Lipinski definition) is 0. The second kappa shape index (κ2) is 6.58. The Bertz CT molecular complexity index is 101. The predicted molar refractivity (Wildman–Crippen MR) is 46.6 cm³/mol.